The van der Waals surface area contributed by atoms with Crippen molar-refractivity contribution in [2.75, 3.05) is 6.61 Å². The van der Waals surface area contributed by atoms with Crippen LogP contribution in [0.4, 0.5) is 0 Å². The molecule has 2 nitrogen and oxygen atoms in total. The minimum atomic E-state index is 0.288. The summed E-state index contributed by atoms with van der Waals surface area (Å²) in [6.07, 6.45) is 15.4. The smallest absolute Gasteiger partial charge is 0.0923 e. The topological polar surface area (TPSA) is 40.5 Å². The Labute approximate surface area is 179 Å². The normalized spacial score (nSPS) is 44.0. The number of hydrogen-bond donors (Lipinski definition) is 2. The van der Waals surface area contributed by atoms with Gasteiger partial charge in [0, 0.05) is 13.0 Å². The van der Waals surface area contributed by atoms with E-state index >= 15 is 0 Å². The highest BCUT2D eigenvalue weighted by atomic mass is 16.3. The first-order chi connectivity index (χ1) is 13.8. The number of hydrogen-bond acceptors (Lipinski definition) is 2. The van der Waals surface area contributed by atoms with Gasteiger partial charge in [0.25, 0.3) is 0 Å². The van der Waals surface area contributed by atoms with Crippen LogP contribution in [0.1, 0.15) is 105 Å². The molecule has 29 heavy (non-hydrogen) atoms. The average Bonchev–Trinajstić information content (AvgIpc) is 3.05. The minimum absolute atomic E-state index is 0.288. The summed E-state index contributed by atoms with van der Waals surface area (Å²) in [4.78, 5) is 0. The van der Waals surface area contributed by atoms with Crippen molar-refractivity contribution in [3.05, 3.63) is 11.3 Å². The van der Waals surface area contributed by atoms with E-state index in [1.807, 2.05) is 0 Å². The van der Waals surface area contributed by atoms with Crippen LogP contribution in [0, 0.1) is 46.3 Å². The van der Waals surface area contributed by atoms with Gasteiger partial charge < -0.3 is 10.2 Å². The van der Waals surface area contributed by atoms with E-state index in [0.717, 1.165) is 48.7 Å². The van der Waals surface area contributed by atoms with Crippen LogP contribution in [0.25, 0.3) is 0 Å². The lowest BCUT2D eigenvalue weighted by Gasteiger charge is -2.58. The second-order valence-corrected chi connectivity index (χ2v) is 12.1. The van der Waals surface area contributed by atoms with Gasteiger partial charge in [-0.25, -0.2) is 0 Å². The summed E-state index contributed by atoms with van der Waals surface area (Å²) in [5.41, 5.74) is 2.22. The molecule has 0 saturated heterocycles. The van der Waals surface area contributed by atoms with Gasteiger partial charge in [-0.3, -0.25) is 0 Å². The Morgan fingerprint density at radius 2 is 1.79 bits per heavy atom. The zero-order chi connectivity index (χ0) is 20.8. The molecule has 2 N–H and O–H groups in total. The van der Waals surface area contributed by atoms with E-state index < -0.39 is 0 Å². The Bertz CT molecular complexity index is 624. The molecule has 4 aliphatic carbocycles. The van der Waals surface area contributed by atoms with Gasteiger partial charge in [-0.15, -0.1) is 0 Å². The van der Waals surface area contributed by atoms with Gasteiger partial charge in [-0.05, 0) is 103 Å². The van der Waals surface area contributed by atoms with Crippen molar-refractivity contribution in [1.29, 1.82) is 0 Å². The molecule has 0 amide bonds. The molecular formula is C27H46O2. The summed E-state index contributed by atoms with van der Waals surface area (Å²) in [5.74, 6) is 5.23. The maximum absolute atomic E-state index is 11.0. The van der Waals surface area contributed by atoms with Crippen LogP contribution in [0.5, 0.6) is 0 Å². The number of fused-ring (bicyclic) bond motifs is 5. The molecule has 0 radical (unpaired) electrons. The lowest BCUT2D eigenvalue weighted by molar-refractivity contribution is -0.0589. The summed E-state index contributed by atoms with van der Waals surface area (Å²) in [7, 11) is 0. The van der Waals surface area contributed by atoms with Gasteiger partial charge in [0.2, 0.25) is 0 Å². The highest BCUT2D eigenvalue weighted by Gasteiger charge is 2.59. The number of allylic oxidation sites excluding steroid dienone is 2. The van der Waals surface area contributed by atoms with Gasteiger partial charge in [0.15, 0.2) is 0 Å². The summed E-state index contributed by atoms with van der Waals surface area (Å²) in [6.45, 7) is 10.1. The van der Waals surface area contributed by atoms with Gasteiger partial charge in [-0.1, -0.05) is 47.0 Å². The van der Waals surface area contributed by atoms with Crippen molar-refractivity contribution < 1.29 is 10.2 Å². The minimum Gasteiger partial charge on any atom is -0.512 e. The predicted molar refractivity (Wildman–Crippen MR) is 121 cm³/mol. The van der Waals surface area contributed by atoms with Crippen molar-refractivity contribution in [2.45, 2.75) is 105 Å². The average molecular weight is 403 g/mol. The van der Waals surface area contributed by atoms with Crippen LogP contribution in [-0.2, 0) is 0 Å². The molecule has 0 heterocycles. The van der Waals surface area contributed by atoms with Gasteiger partial charge in [0.1, 0.15) is 0 Å². The standard InChI is InChI=1S/C27H46O2/c1-18(17-28)8-7-9-19(2)21-11-12-22-20-16-25(29)24-10-5-6-14-26(24,3)23(20)13-15-27(21,22)4/h18-23,28-29H,5-17H2,1-4H3/t18?,19-,20+,21-,22+,23+,26-,27-/m1/s1. The molecule has 8 atom stereocenters. The highest BCUT2D eigenvalue weighted by molar-refractivity contribution is 5.27. The van der Waals surface area contributed by atoms with Crippen molar-refractivity contribution in [3.8, 4) is 0 Å². The molecule has 0 aromatic heterocycles. The van der Waals surface area contributed by atoms with Gasteiger partial charge >= 0.3 is 0 Å². The van der Waals surface area contributed by atoms with Crippen molar-refractivity contribution in [2.24, 2.45) is 46.3 Å². The van der Waals surface area contributed by atoms with Crippen LogP contribution in [0.2, 0.25) is 0 Å². The van der Waals surface area contributed by atoms with Gasteiger partial charge in [0.05, 0.1) is 5.76 Å². The summed E-state index contributed by atoms with van der Waals surface area (Å²) in [5, 5.41) is 20.4. The molecule has 3 saturated carbocycles. The SMILES string of the molecule is CC(CO)CCC[C@@H](C)[C@H]1CC[C@H]2[C@@H]3CC(O)=C4CCCC[C@]4(C)[C@H]3CC[C@]12C. The fourth-order valence-corrected chi connectivity index (χ4v) is 8.88. The third-order valence-corrected chi connectivity index (χ3v) is 10.5. The lowest BCUT2D eigenvalue weighted by atomic mass is 9.46. The molecule has 0 aromatic rings. The Hall–Kier alpha value is -0.500. The van der Waals surface area contributed by atoms with E-state index in [4.69, 9.17) is 0 Å². The molecule has 0 bridgehead atoms. The third-order valence-electron chi connectivity index (χ3n) is 10.5. The van der Waals surface area contributed by atoms with Crippen molar-refractivity contribution in [3.63, 3.8) is 0 Å². The van der Waals surface area contributed by atoms with E-state index in [0.29, 0.717) is 23.9 Å². The quantitative estimate of drug-likeness (QED) is 0.490. The zero-order valence-electron chi connectivity index (χ0n) is 19.6. The van der Waals surface area contributed by atoms with Crippen molar-refractivity contribution in [1.82, 2.24) is 0 Å². The number of aliphatic hydroxyl groups is 2. The summed E-state index contributed by atoms with van der Waals surface area (Å²) >= 11 is 0. The highest BCUT2D eigenvalue weighted by Crippen LogP contribution is 2.68. The molecule has 3 fully saturated rings. The Morgan fingerprint density at radius 3 is 2.55 bits per heavy atom. The van der Waals surface area contributed by atoms with E-state index in [-0.39, 0.29) is 5.41 Å². The fourth-order valence-electron chi connectivity index (χ4n) is 8.88. The molecule has 166 valence electrons. The molecule has 4 rings (SSSR count). The molecule has 0 spiro atoms. The van der Waals surface area contributed by atoms with Crippen LogP contribution in [0.15, 0.2) is 11.3 Å². The van der Waals surface area contributed by atoms with E-state index in [1.165, 1.54) is 63.4 Å². The maximum atomic E-state index is 11.0. The summed E-state index contributed by atoms with van der Waals surface area (Å²) in [6, 6.07) is 0. The second-order valence-electron chi connectivity index (χ2n) is 12.1. The largest absolute Gasteiger partial charge is 0.512 e. The molecule has 0 aromatic carbocycles. The first-order valence-electron chi connectivity index (χ1n) is 12.8. The summed E-state index contributed by atoms with van der Waals surface area (Å²) < 4.78 is 0. The first kappa shape index (κ1) is 21.7. The Morgan fingerprint density at radius 1 is 1.00 bits per heavy atom. The fraction of sp³-hybridized carbons (Fsp3) is 0.926. The van der Waals surface area contributed by atoms with Crippen LogP contribution in [-0.4, -0.2) is 16.8 Å². The first-order valence-corrected chi connectivity index (χ1v) is 12.8. The van der Waals surface area contributed by atoms with Crippen LogP contribution < -0.4 is 0 Å². The molecule has 1 unspecified atom stereocenters. The molecule has 0 aliphatic heterocycles. The zero-order valence-corrected chi connectivity index (χ0v) is 19.6. The Balaban J connectivity index is 1.49. The second kappa shape index (κ2) is 8.21. The number of rotatable bonds is 6. The van der Waals surface area contributed by atoms with E-state index in [9.17, 15) is 10.2 Å². The third kappa shape index (κ3) is 3.60. The molecule has 4 aliphatic rings. The van der Waals surface area contributed by atoms with E-state index in [1.54, 1.807) is 0 Å². The van der Waals surface area contributed by atoms with Crippen LogP contribution in [0.3, 0.4) is 0 Å². The maximum Gasteiger partial charge on any atom is 0.0923 e. The molecule has 2 heteroatoms. The number of aliphatic hydroxyl groups excluding tert-OH is 2. The predicted octanol–water partition coefficient (Wildman–Crippen LogP) is 7.28. The molecular weight excluding hydrogens is 356 g/mol. The lowest BCUT2D eigenvalue weighted by Crippen LogP contribution is -2.50. The van der Waals surface area contributed by atoms with Gasteiger partial charge in [-0.2, -0.15) is 0 Å². The van der Waals surface area contributed by atoms with E-state index in [2.05, 4.69) is 27.7 Å². The Kier molecular flexibility index (Phi) is 6.15. The monoisotopic (exact) mass is 402 g/mol. The van der Waals surface area contributed by atoms with Crippen molar-refractivity contribution >= 4 is 0 Å². The van der Waals surface area contributed by atoms with Crippen LogP contribution >= 0.6 is 0 Å².